The minimum absolute atomic E-state index is 0.0565. The predicted octanol–water partition coefficient (Wildman–Crippen LogP) is 1.09. The molecule has 1 aromatic rings. The Bertz CT molecular complexity index is 543. The SMILES string of the molecule is CCS(=O)(=O)CCNC(=O)c1cc(Cl)ccc1N. The van der Waals surface area contributed by atoms with Crippen molar-refractivity contribution in [1.29, 1.82) is 0 Å². The fourth-order valence-corrected chi connectivity index (χ4v) is 2.16. The largest absolute Gasteiger partial charge is 0.398 e. The van der Waals surface area contributed by atoms with E-state index >= 15 is 0 Å². The molecule has 0 aliphatic rings. The van der Waals surface area contributed by atoms with Gasteiger partial charge in [0, 0.05) is 23.0 Å². The number of nitrogens with two attached hydrogens (primary N) is 1. The van der Waals surface area contributed by atoms with E-state index in [9.17, 15) is 13.2 Å². The van der Waals surface area contributed by atoms with E-state index in [0.717, 1.165) is 0 Å². The molecule has 0 bridgehead atoms. The molecule has 0 aliphatic heterocycles. The normalized spacial score (nSPS) is 11.2. The fourth-order valence-electron chi connectivity index (χ4n) is 1.28. The van der Waals surface area contributed by atoms with Crippen LogP contribution in [-0.4, -0.2) is 32.4 Å². The number of hydrogen-bond acceptors (Lipinski definition) is 4. The molecule has 0 aromatic heterocycles. The highest BCUT2D eigenvalue weighted by Crippen LogP contribution is 2.17. The third kappa shape index (κ3) is 4.19. The first kappa shape index (κ1) is 14.8. The van der Waals surface area contributed by atoms with E-state index in [1.54, 1.807) is 13.0 Å². The molecular weight excluding hydrogens is 276 g/mol. The molecule has 0 fully saturated rings. The van der Waals surface area contributed by atoms with Gasteiger partial charge in [0.25, 0.3) is 5.91 Å². The van der Waals surface area contributed by atoms with Gasteiger partial charge in [-0.05, 0) is 18.2 Å². The van der Waals surface area contributed by atoms with Crippen molar-refractivity contribution >= 4 is 33.0 Å². The molecule has 7 heteroatoms. The Labute approximate surface area is 111 Å². The van der Waals surface area contributed by atoms with Gasteiger partial charge in [-0.25, -0.2) is 8.42 Å². The number of amides is 1. The number of sulfone groups is 1. The van der Waals surface area contributed by atoms with Crippen LogP contribution >= 0.6 is 11.6 Å². The summed E-state index contributed by atoms with van der Waals surface area (Å²) in [5.74, 6) is -0.459. The predicted molar refractivity (Wildman–Crippen MR) is 72.5 cm³/mol. The van der Waals surface area contributed by atoms with E-state index in [1.165, 1.54) is 12.1 Å². The lowest BCUT2D eigenvalue weighted by Gasteiger charge is -2.07. The van der Waals surface area contributed by atoms with Crippen molar-refractivity contribution in [3.05, 3.63) is 28.8 Å². The van der Waals surface area contributed by atoms with E-state index in [1.807, 2.05) is 0 Å². The highest BCUT2D eigenvalue weighted by Gasteiger charge is 2.12. The molecule has 0 radical (unpaired) electrons. The Kier molecular flexibility index (Phi) is 4.98. The van der Waals surface area contributed by atoms with Gasteiger partial charge >= 0.3 is 0 Å². The summed E-state index contributed by atoms with van der Waals surface area (Å²) in [5.41, 5.74) is 6.18. The van der Waals surface area contributed by atoms with Crippen molar-refractivity contribution < 1.29 is 13.2 Å². The van der Waals surface area contributed by atoms with Crippen molar-refractivity contribution in [2.75, 3.05) is 23.8 Å². The zero-order valence-electron chi connectivity index (χ0n) is 9.94. The molecular formula is C11H15ClN2O3S. The van der Waals surface area contributed by atoms with E-state index in [2.05, 4.69) is 5.32 Å². The molecule has 0 saturated carbocycles. The second kappa shape index (κ2) is 6.06. The van der Waals surface area contributed by atoms with Crippen molar-refractivity contribution in [3.8, 4) is 0 Å². The summed E-state index contributed by atoms with van der Waals surface area (Å²) in [6.07, 6.45) is 0. The number of hydrogen-bond donors (Lipinski definition) is 2. The van der Waals surface area contributed by atoms with E-state index in [4.69, 9.17) is 17.3 Å². The first-order valence-corrected chi connectivity index (χ1v) is 7.59. The standard InChI is InChI=1S/C11H15ClN2O3S/c1-2-18(16,17)6-5-14-11(15)9-7-8(12)3-4-10(9)13/h3-4,7H,2,5-6,13H2,1H3,(H,14,15). The summed E-state index contributed by atoms with van der Waals surface area (Å²) in [4.78, 5) is 11.7. The smallest absolute Gasteiger partial charge is 0.253 e. The van der Waals surface area contributed by atoms with Gasteiger partial charge in [-0.1, -0.05) is 18.5 Å². The van der Waals surface area contributed by atoms with Crippen LogP contribution in [0.25, 0.3) is 0 Å². The molecule has 0 aliphatic carbocycles. The summed E-state index contributed by atoms with van der Waals surface area (Å²) in [6.45, 7) is 1.62. The molecule has 0 heterocycles. The molecule has 0 saturated heterocycles. The van der Waals surface area contributed by atoms with E-state index in [-0.39, 0.29) is 23.6 Å². The van der Waals surface area contributed by atoms with Crippen LogP contribution < -0.4 is 11.1 Å². The molecule has 1 amide bonds. The van der Waals surface area contributed by atoms with Gasteiger partial charge in [-0.2, -0.15) is 0 Å². The Morgan fingerprint density at radius 3 is 2.72 bits per heavy atom. The van der Waals surface area contributed by atoms with Gasteiger partial charge in [-0.15, -0.1) is 0 Å². The second-order valence-corrected chi connectivity index (χ2v) is 6.63. The second-order valence-electron chi connectivity index (χ2n) is 3.72. The lowest BCUT2D eigenvalue weighted by atomic mass is 10.1. The maximum Gasteiger partial charge on any atom is 0.253 e. The van der Waals surface area contributed by atoms with E-state index < -0.39 is 15.7 Å². The van der Waals surface area contributed by atoms with Crippen molar-refractivity contribution in [3.63, 3.8) is 0 Å². The number of carbonyl (C=O) groups excluding carboxylic acids is 1. The van der Waals surface area contributed by atoms with Crippen molar-refractivity contribution in [2.24, 2.45) is 0 Å². The zero-order valence-corrected chi connectivity index (χ0v) is 11.5. The van der Waals surface area contributed by atoms with Crippen LogP contribution in [0.15, 0.2) is 18.2 Å². The summed E-state index contributed by atoms with van der Waals surface area (Å²) in [7, 11) is -3.09. The third-order valence-electron chi connectivity index (χ3n) is 2.40. The van der Waals surface area contributed by atoms with Gasteiger partial charge in [0.15, 0.2) is 9.84 Å². The Morgan fingerprint density at radius 1 is 1.44 bits per heavy atom. The molecule has 1 rings (SSSR count). The highest BCUT2D eigenvalue weighted by atomic mass is 35.5. The van der Waals surface area contributed by atoms with Gasteiger partial charge in [-0.3, -0.25) is 4.79 Å². The topological polar surface area (TPSA) is 89.3 Å². The summed E-state index contributed by atoms with van der Waals surface area (Å²) in [5, 5.41) is 2.90. The quantitative estimate of drug-likeness (QED) is 0.794. The van der Waals surface area contributed by atoms with Gasteiger partial charge < -0.3 is 11.1 Å². The minimum Gasteiger partial charge on any atom is -0.398 e. The zero-order chi connectivity index (χ0) is 13.8. The summed E-state index contributed by atoms with van der Waals surface area (Å²) in [6, 6.07) is 4.55. The average molecular weight is 291 g/mol. The maximum atomic E-state index is 11.7. The van der Waals surface area contributed by atoms with Gasteiger partial charge in [0.2, 0.25) is 0 Å². The molecule has 5 nitrogen and oxygen atoms in total. The number of benzene rings is 1. The van der Waals surface area contributed by atoms with Crippen LogP contribution in [0.5, 0.6) is 0 Å². The van der Waals surface area contributed by atoms with Crippen LogP contribution in [0.4, 0.5) is 5.69 Å². The molecule has 18 heavy (non-hydrogen) atoms. The number of carbonyl (C=O) groups is 1. The van der Waals surface area contributed by atoms with Crippen molar-refractivity contribution in [1.82, 2.24) is 5.32 Å². The van der Waals surface area contributed by atoms with Crippen LogP contribution in [-0.2, 0) is 9.84 Å². The molecule has 0 spiro atoms. The molecule has 100 valence electrons. The van der Waals surface area contributed by atoms with Crippen molar-refractivity contribution in [2.45, 2.75) is 6.92 Å². The summed E-state index contributed by atoms with van der Waals surface area (Å²) < 4.78 is 22.5. The first-order chi connectivity index (χ1) is 8.35. The number of rotatable bonds is 5. The number of nitrogen functional groups attached to an aromatic ring is 1. The fraction of sp³-hybridized carbons (Fsp3) is 0.364. The first-order valence-electron chi connectivity index (χ1n) is 5.39. The van der Waals surface area contributed by atoms with Crippen LogP contribution in [0.2, 0.25) is 5.02 Å². The van der Waals surface area contributed by atoms with E-state index in [0.29, 0.717) is 10.7 Å². The lowest BCUT2D eigenvalue weighted by Crippen LogP contribution is -2.30. The Morgan fingerprint density at radius 2 is 2.11 bits per heavy atom. The lowest BCUT2D eigenvalue weighted by molar-refractivity contribution is 0.0957. The highest BCUT2D eigenvalue weighted by molar-refractivity contribution is 7.91. The average Bonchev–Trinajstić information content (AvgIpc) is 2.32. The minimum atomic E-state index is -3.09. The monoisotopic (exact) mass is 290 g/mol. The summed E-state index contributed by atoms with van der Waals surface area (Å²) >= 11 is 5.76. The molecule has 1 aromatic carbocycles. The maximum absolute atomic E-state index is 11.7. The Hall–Kier alpha value is -1.27. The Balaban J connectivity index is 2.64. The van der Waals surface area contributed by atoms with Crippen LogP contribution in [0, 0.1) is 0 Å². The molecule has 0 unspecified atom stereocenters. The van der Waals surface area contributed by atoms with Gasteiger partial charge in [0.05, 0.1) is 11.3 Å². The van der Waals surface area contributed by atoms with Crippen LogP contribution in [0.3, 0.4) is 0 Å². The molecule has 0 atom stereocenters. The number of anilines is 1. The third-order valence-corrected chi connectivity index (χ3v) is 4.34. The number of nitrogens with one attached hydrogen (secondary N) is 1. The van der Waals surface area contributed by atoms with Gasteiger partial charge in [0.1, 0.15) is 0 Å². The van der Waals surface area contributed by atoms with Crippen LogP contribution in [0.1, 0.15) is 17.3 Å². The number of halogens is 1. The molecule has 3 N–H and O–H groups in total.